The highest BCUT2D eigenvalue weighted by atomic mass is 79.9. The topological polar surface area (TPSA) is 71.9 Å². The molecule has 0 aliphatic carbocycles. The fourth-order valence-corrected chi connectivity index (χ4v) is 3.41. The molecule has 3 rings (SSSR count). The predicted octanol–water partition coefficient (Wildman–Crippen LogP) is 5.34. The van der Waals surface area contributed by atoms with Crippen molar-refractivity contribution in [3.63, 3.8) is 0 Å². The molecule has 0 saturated carbocycles. The summed E-state index contributed by atoms with van der Waals surface area (Å²) in [7, 11) is 0. The fraction of sp³-hybridized carbons (Fsp3) is 0.143. The van der Waals surface area contributed by atoms with E-state index in [9.17, 15) is 5.26 Å². The Bertz CT molecular complexity index is 994. The van der Waals surface area contributed by atoms with E-state index >= 15 is 0 Å². The molecular formula is C21H18BrN3O. The number of ether oxygens (including phenoxy) is 1. The van der Waals surface area contributed by atoms with Crippen LogP contribution < -0.4 is 10.5 Å². The lowest BCUT2D eigenvalue weighted by atomic mass is 9.89. The van der Waals surface area contributed by atoms with Gasteiger partial charge in [0.05, 0.1) is 6.61 Å². The summed E-state index contributed by atoms with van der Waals surface area (Å²) in [6.07, 6.45) is 0. The summed E-state index contributed by atoms with van der Waals surface area (Å²) in [5.41, 5.74) is 10.6. The first-order chi connectivity index (χ1) is 12.6. The molecule has 5 heteroatoms. The van der Waals surface area contributed by atoms with Crippen LogP contribution in [0.2, 0.25) is 0 Å². The van der Waals surface area contributed by atoms with Crippen molar-refractivity contribution in [1.29, 1.82) is 5.26 Å². The monoisotopic (exact) mass is 407 g/mol. The molecule has 1 aromatic heterocycles. The second-order valence-corrected chi connectivity index (χ2v) is 6.67. The average molecular weight is 408 g/mol. The predicted molar refractivity (Wildman–Crippen MR) is 108 cm³/mol. The number of aromatic nitrogens is 1. The van der Waals surface area contributed by atoms with Crippen LogP contribution in [-0.4, -0.2) is 11.6 Å². The van der Waals surface area contributed by atoms with Crippen LogP contribution in [0.4, 0.5) is 5.82 Å². The minimum atomic E-state index is 0.224. The standard InChI is InChI=1S/C21H18BrN3O/c1-3-26-18-10-9-15(22)11-16(18)20-17(12-23)21(24)25-13(2)19(20)14-7-5-4-6-8-14/h4-11H,3H2,1-2H3,(H2,24,25). The van der Waals surface area contributed by atoms with E-state index in [0.717, 1.165) is 32.4 Å². The van der Waals surface area contributed by atoms with Crippen LogP contribution in [0.25, 0.3) is 22.3 Å². The van der Waals surface area contributed by atoms with E-state index in [2.05, 4.69) is 27.0 Å². The van der Waals surface area contributed by atoms with Crippen LogP contribution >= 0.6 is 15.9 Å². The third-order valence-corrected chi connectivity index (χ3v) is 4.58. The Morgan fingerprint density at radius 2 is 1.88 bits per heavy atom. The van der Waals surface area contributed by atoms with Gasteiger partial charge in [-0.15, -0.1) is 0 Å². The SMILES string of the molecule is CCOc1ccc(Br)cc1-c1c(C#N)c(N)nc(C)c1-c1ccccc1. The van der Waals surface area contributed by atoms with Crippen LogP contribution in [0.5, 0.6) is 5.75 Å². The Morgan fingerprint density at radius 3 is 2.54 bits per heavy atom. The molecule has 0 unspecified atom stereocenters. The van der Waals surface area contributed by atoms with Gasteiger partial charge < -0.3 is 10.5 Å². The Balaban J connectivity index is 2.44. The molecule has 0 fully saturated rings. The molecule has 0 atom stereocenters. The normalized spacial score (nSPS) is 10.4. The molecule has 0 amide bonds. The number of pyridine rings is 1. The zero-order valence-electron chi connectivity index (χ0n) is 14.6. The second kappa shape index (κ2) is 7.59. The van der Waals surface area contributed by atoms with Gasteiger partial charge in [0.15, 0.2) is 0 Å². The molecule has 0 aliphatic heterocycles. The van der Waals surface area contributed by atoms with Crippen molar-refractivity contribution in [1.82, 2.24) is 4.98 Å². The number of hydrogen-bond acceptors (Lipinski definition) is 4. The Morgan fingerprint density at radius 1 is 1.15 bits per heavy atom. The summed E-state index contributed by atoms with van der Waals surface area (Å²) in [4.78, 5) is 4.41. The van der Waals surface area contributed by atoms with Crippen LogP contribution in [0.15, 0.2) is 53.0 Å². The van der Waals surface area contributed by atoms with Gasteiger partial charge in [-0.3, -0.25) is 0 Å². The third-order valence-electron chi connectivity index (χ3n) is 4.09. The number of halogens is 1. The molecule has 0 bridgehead atoms. The molecule has 0 saturated heterocycles. The molecular weight excluding hydrogens is 390 g/mol. The highest BCUT2D eigenvalue weighted by Crippen LogP contribution is 2.43. The maximum absolute atomic E-state index is 9.79. The molecule has 130 valence electrons. The quantitative estimate of drug-likeness (QED) is 0.633. The van der Waals surface area contributed by atoms with Gasteiger partial charge in [-0.05, 0) is 37.6 Å². The summed E-state index contributed by atoms with van der Waals surface area (Å²) in [6, 6.07) is 17.9. The van der Waals surface area contributed by atoms with Crippen LogP contribution in [0.3, 0.4) is 0 Å². The lowest BCUT2D eigenvalue weighted by molar-refractivity contribution is 0.341. The number of aryl methyl sites for hydroxylation is 1. The van der Waals surface area contributed by atoms with Gasteiger partial charge in [0.2, 0.25) is 0 Å². The van der Waals surface area contributed by atoms with Gasteiger partial charge in [0, 0.05) is 26.9 Å². The lowest BCUT2D eigenvalue weighted by Gasteiger charge is -2.19. The molecule has 26 heavy (non-hydrogen) atoms. The first-order valence-corrected chi connectivity index (χ1v) is 9.04. The highest BCUT2D eigenvalue weighted by molar-refractivity contribution is 9.10. The number of nitriles is 1. The molecule has 0 spiro atoms. The Labute approximate surface area is 161 Å². The highest BCUT2D eigenvalue weighted by Gasteiger charge is 2.22. The number of nitrogens with two attached hydrogens (primary N) is 1. The maximum atomic E-state index is 9.79. The van der Waals surface area contributed by atoms with Crippen LogP contribution in [-0.2, 0) is 0 Å². The van der Waals surface area contributed by atoms with E-state index < -0.39 is 0 Å². The van der Waals surface area contributed by atoms with Crippen molar-refractivity contribution in [2.45, 2.75) is 13.8 Å². The number of nitrogens with zero attached hydrogens (tertiary/aromatic N) is 2. The van der Waals surface area contributed by atoms with Crippen molar-refractivity contribution in [2.75, 3.05) is 12.3 Å². The average Bonchev–Trinajstić information content (AvgIpc) is 2.63. The largest absolute Gasteiger partial charge is 0.493 e. The van der Waals surface area contributed by atoms with Crippen molar-refractivity contribution in [3.8, 4) is 34.1 Å². The molecule has 2 aromatic carbocycles. The van der Waals surface area contributed by atoms with E-state index in [4.69, 9.17) is 10.5 Å². The molecule has 0 aliphatic rings. The first kappa shape index (κ1) is 18.0. The van der Waals surface area contributed by atoms with Gasteiger partial charge in [0.25, 0.3) is 0 Å². The Hall–Kier alpha value is -2.84. The van der Waals surface area contributed by atoms with E-state index in [1.54, 1.807) is 0 Å². The zero-order chi connectivity index (χ0) is 18.7. The van der Waals surface area contributed by atoms with Crippen molar-refractivity contribution in [3.05, 3.63) is 64.3 Å². The van der Waals surface area contributed by atoms with Crippen molar-refractivity contribution in [2.24, 2.45) is 0 Å². The summed E-state index contributed by atoms with van der Waals surface area (Å²) in [5, 5.41) is 9.79. The zero-order valence-corrected chi connectivity index (χ0v) is 16.2. The van der Waals surface area contributed by atoms with E-state index in [1.165, 1.54) is 0 Å². The van der Waals surface area contributed by atoms with E-state index in [-0.39, 0.29) is 5.82 Å². The number of benzene rings is 2. The van der Waals surface area contributed by atoms with Crippen molar-refractivity contribution < 1.29 is 4.74 Å². The van der Waals surface area contributed by atoms with Crippen molar-refractivity contribution >= 4 is 21.7 Å². The lowest BCUT2D eigenvalue weighted by Crippen LogP contribution is -2.04. The third kappa shape index (κ3) is 3.29. The molecule has 2 N–H and O–H groups in total. The summed E-state index contributed by atoms with van der Waals surface area (Å²) < 4.78 is 6.72. The maximum Gasteiger partial charge on any atom is 0.142 e. The summed E-state index contributed by atoms with van der Waals surface area (Å²) in [5.74, 6) is 0.927. The molecule has 0 radical (unpaired) electrons. The fourth-order valence-electron chi connectivity index (χ4n) is 3.05. The van der Waals surface area contributed by atoms with Crippen LogP contribution in [0.1, 0.15) is 18.2 Å². The summed E-state index contributed by atoms with van der Waals surface area (Å²) in [6.45, 7) is 4.36. The second-order valence-electron chi connectivity index (χ2n) is 5.76. The number of rotatable bonds is 4. The van der Waals surface area contributed by atoms with Gasteiger partial charge in [-0.1, -0.05) is 46.3 Å². The Kier molecular flexibility index (Phi) is 5.24. The number of nitrogen functional groups attached to an aromatic ring is 1. The van der Waals surface area contributed by atoms with E-state index in [0.29, 0.717) is 17.9 Å². The van der Waals surface area contributed by atoms with Gasteiger partial charge in [0.1, 0.15) is 23.2 Å². The smallest absolute Gasteiger partial charge is 0.142 e. The van der Waals surface area contributed by atoms with Crippen LogP contribution in [0, 0.1) is 18.3 Å². The summed E-state index contributed by atoms with van der Waals surface area (Å²) >= 11 is 3.52. The van der Waals surface area contributed by atoms with Gasteiger partial charge in [-0.2, -0.15) is 5.26 Å². The number of hydrogen-bond donors (Lipinski definition) is 1. The van der Waals surface area contributed by atoms with E-state index in [1.807, 2.05) is 62.4 Å². The van der Waals surface area contributed by atoms with Gasteiger partial charge >= 0.3 is 0 Å². The first-order valence-electron chi connectivity index (χ1n) is 8.25. The van der Waals surface area contributed by atoms with Gasteiger partial charge in [-0.25, -0.2) is 4.98 Å². The molecule has 1 heterocycles. The molecule has 4 nitrogen and oxygen atoms in total. The minimum Gasteiger partial charge on any atom is -0.493 e. The minimum absolute atomic E-state index is 0.224. The number of anilines is 1. The molecule has 3 aromatic rings.